The Morgan fingerprint density at radius 2 is 2.16 bits per heavy atom. The van der Waals surface area contributed by atoms with Crippen LogP contribution in [0.1, 0.15) is 39.0 Å². The highest BCUT2D eigenvalue weighted by atomic mass is 16.5. The fourth-order valence-electron chi connectivity index (χ4n) is 2.67. The van der Waals surface area contributed by atoms with E-state index in [0.29, 0.717) is 6.04 Å². The van der Waals surface area contributed by atoms with Crippen LogP contribution in [-0.4, -0.2) is 63.9 Å². The maximum atomic E-state index is 5.08. The van der Waals surface area contributed by atoms with Crippen LogP contribution in [0.4, 0.5) is 0 Å². The van der Waals surface area contributed by atoms with E-state index in [1.54, 1.807) is 7.11 Å². The molecule has 0 saturated carbocycles. The molecule has 0 radical (unpaired) electrons. The minimum absolute atomic E-state index is 0.603. The summed E-state index contributed by atoms with van der Waals surface area (Å²) in [7, 11) is 3.91. The highest BCUT2D eigenvalue weighted by Gasteiger charge is 2.14. The van der Waals surface area contributed by atoms with Gasteiger partial charge in [0.15, 0.2) is 0 Å². The zero-order chi connectivity index (χ0) is 13.9. The van der Waals surface area contributed by atoms with Crippen molar-refractivity contribution in [1.82, 2.24) is 15.5 Å². The molecule has 1 aliphatic heterocycles. The van der Waals surface area contributed by atoms with Gasteiger partial charge in [-0.2, -0.15) is 0 Å². The van der Waals surface area contributed by atoms with Crippen molar-refractivity contribution in [3.8, 4) is 0 Å². The van der Waals surface area contributed by atoms with E-state index in [4.69, 9.17) is 4.74 Å². The van der Waals surface area contributed by atoms with Crippen molar-refractivity contribution < 1.29 is 4.74 Å². The van der Waals surface area contributed by atoms with Crippen molar-refractivity contribution in [2.45, 2.75) is 51.1 Å². The third-order valence-corrected chi connectivity index (χ3v) is 3.96. The Balaban J connectivity index is 2.04. The van der Waals surface area contributed by atoms with Crippen LogP contribution in [0, 0.1) is 0 Å². The van der Waals surface area contributed by atoms with Gasteiger partial charge in [-0.3, -0.25) is 0 Å². The molecule has 114 valence electrons. The van der Waals surface area contributed by atoms with Crippen molar-refractivity contribution >= 4 is 0 Å². The lowest BCUT2D eigenvalue weighted by Crippen LogP contribution is -2.40. The summed E-state index contributed by atoms with van der Waals surface area (Å²) < 4.78 is 5.08. The van der Waals surface area contributed by atoms with Crippen LogP contribution >= 0.6 is 0 Å². The number of methoxy groups -OCH3 is 1. The highest BCUT2D eigenvalue weighted by molar-refractivity contribution is 4.76. The Kier molecular flexibility index (Phi) is 9.43. The average molecular weight is 271 g/mol. The molecule has 1 heterocycles. The van der Waals surface area contributed by atoms with Crippen LogP contribution in [0.15, 0.2) is 0 Å². The van der Waals surface area contributed by atoms with Gasteiger partial charge in [-0.15, -0.1) is 0 Å². The fourth-order valence-corrected chi connectivity index (χ4v) is 2.67. The summed E-state index contributed by atoms with van der Waals surface area (Å²) in [6.07, 6.45) is 6.74. The maximum absolute atomic E-state index is 5.08. The van der Waals surface area contributed by atoms with Gasteiger partial charge < -0.3 is 20.3 Å². The number of ether oxygens (including phenoxy) is 1. The number of nitrogens with zero attached hydrogens (tertiary/aromatic N) is 1. The second kappa shape index (κ2) is 10.6. The van der Waals surface area contributed by atoms with Gasteiger partial charge in [0.05, 0.1) is 6.61 Å². The van der Waals surface area contributed by atoms with Crippen molar-refractivity contribution in [3.63, 3.8) is 0 Å². The Bertz CT molecular complexity index is 206. The first-order chi connectivity index (χ1) is 9.22. The first-order valence-electron chi connectivity index (χ1n) is 7.86. The van der Waals surface area contributed by atoms with Crippen LogP contribution in [-0.2, 0) is 4.74 Å². The van der Waals surface area contributed by atoms with E-state index in [9.17, 15) is 0 Å². The van der Waals surface area contributed by atoms with E-state index in [-0.39, 0.29) is 0 Å². The van der Waals surface area contributed by atoms with Crippen molar-refractivity contribution in [1.29, 1.82) is 0 Å². The predicted molar refractivity (Wildman–Crippen MR) is 81.7 cm³/mol. The van der Waals surface area contributed by atoms with Gasteiger partial charge in [0.2, 0.25) is 0 Å². The quantitative estimate of drug-likeness (QED) is 0.666. The van der Waals surface area contributed by atoms with Gasteiger partial charge in [-0.1, -0.05) is 12.8 Å². The van der Waals surface area contributed by atoms with Gasteiger partial charge in [-0.25, -0.2) is 0 Å². The van der Waals surface area contributed by atoms with E-state index < -0.39 is 0 Å². The van der Waals surface area contributed by atoms with Gasteiger partial charge >= 0.3 is 0 Å². The van der Waals surface area contributed by atoms with E-state index in [1.807, 2.05) is 0 Å². The molecule has 0 spiro atoms. The number of likely N-dealkylation sites (N-methyl/N-ethyl adjacent to an activating group) is 1. The molecule has 0 amide bonds. The molecule has 2 unspecified atom stereocenters. The Hall–Kier alpha value is -0.160. The first kappa shape index (κ1) is 16.9. The zero-order valence-corrected chi connectivity index (χ0v) is 13.1. The largest absolute Gasteiger partial charge is 0.383 e. The molecular weight excluding hydrogens is 238 g/mol. The van der Waals surface area contributed by atoms with Crippen LogP contribution in [0.5, 0.6) is 0 Å². The Morgan fingerprint density at radius 1 is 1.32 bits per heavy atom. The first-order valence-corrected chi connectivity index (χ1v) is 7.86. The zero-order valence-electron chi connectivity index (χ0n) is 13.1. The van der Waals surface area contributed by atoms with Crippen LogP contribution in [0.25, 0.3) is 0 Å². The number of hydrogen-bond donors (Lipinski definition) is 2. The molecule has 4 nitrogen and oxygen atoms in total. The van der Waals surface area contributed by atoms with Crippen LogP contribution in [0.3, 0.4) is 0 Å². The molecular formula is C15H33N3O. The minimum Gasteiger partial charge on any atom is -0.383 e. The molecule has 1 fully saturated rings. The van der Waals surface area contributed by atoms with Crippen molar-refractivity contribution in [2.75, 3.05) is 46.9 Å². The minimum atomic E-state index is 0.603. The molecule has 1 aliphatic rings. The standard InChI is InChI=1S/C15H33N3O/c1-14(13-15-7-5-4-6-8-17-15)16-9-10-18(2)11-12-19-3/h14-17H,4-13H2,1-3H3. The molecule has 0 bridgehead atoms. The van der Waals surface area contributed by atoms with E-state index in [1.165, 1.54) is 38.6 Å². The van der Waals surface area contributed by atoms with Crippen LogP contribution in [0.2, 0.25) is 0 Å². The lowest BCUT2D eigenvalue weighted by Gasteiger charge is -2.23. The number of rotatable bonds is 9. The van der Waals surface area contributed by atoms with Crippen LogP contribution < -0.4 is 10.6 Å². The molecule has 0 aromatic carbocycles. The van der Waals surface area contributed by atoms with E-state index in [0.717, 1.165) is 32.3 Å². The second-order valence-electron chi connectivity index (χ2n) is 5.89. The highest BCUT2D eigenvalue weighted by Crippen LogP contribution is 2.12. The monoisotopic (exact) mass is 271 g/mol. The molecule has 1 rings (SSSR count). The summed E-state index contributed by atoms with van der Waals surface area (Å²) in [5.41, 5.74) is 0. The molecule has 0 aromatic heterocycles. The molecule has 0 aliphatic carbocycles. The average Bonchev–Trinajstić information content (AvgIpc) is 2.65. The third kappa shape index (κ3) is 8.58. The summed E-state index contributed by atoms with van der Waals surface area (Å²) >= 11 is 0. The topological polar surface area (TPSA) is 36.5 Å². The Morgan fingerprint density at radius 3 is 2.95 bits per heavy atom. The van der Waals surface area contributed by atoms with E-state index >= 15 is 0 Å². The van der Waals surface area contributed by atoms with Gasteiger partial charge in [0.1, 0.15) is 0 Å². The smallest absolute Gasteiger partial charge is 0.0589 e. The maximum Gasteiger partial charge on any atom is 0.0589 e. The van der Waals surface area contributed by atoms with E-state index in [2.05, 4.69) is 29.5 Å². The summed E-state index contributed by atoms with van der Waals surface area (Å²) in [6.45, 7) is 7.49. The van der Waals surface area contributed by atoms with Gasteiger partial charge in [-0.05, 0) is 39.8 Å². The second-order valence-corrected chi connectivity index (χ2v) is 5.89. The predicted octanol–water partition coefficient (Wildman–Crippen LogP) is 1.47. The lowest BCUT2D eigenvalue weighted by atomic mass is 10.0. The SMILES string of the molecule is COCCN(C)CCNC(C)CC1CCCCCN1. The normalized spacial score (nSPS) is 22.4. The summed E-state index contributed by atoms with van der Waals surface area (Å²) in [6, 6.07) is 1.32. The van der Waals surface area contributed by atoms with Gasteiger partial charge in [0, 0.05) is 38.8 Å². The molecule has 19 heavy (non-hydrogen) atoms. The molecule has 2 atom stereocenters. The van der Waals surface area contributed by atoms with Crippen molar-refractivity contribution in [3.05, 3.63) is 0 Å². The number of hydrogen-bond acceptors (Lipinski definition) is 4. The van der Waals surface area contributed by atoms with Crippen molar-refractivity contribution in [2.24, 2.45) is 0 Å². The fraction of sp³-hybridized carbons (Fsp3) is 1.00. The molecule has 1 saturated heterocycles. The Labute approximate surface area is 119 Å². The van der Waals surface area contributed by atoms with Gasteiger partial charge in [0.25, 0.3) is 0 Å². The third-order valence-electron chi connectivity index (χ3n) is 3.96. The summed E-state index contributed by atoms with van der Waals surface area (Å²) in [5.74, 6) is 0. The molecule has 0 aromatic rings. The molecule has 2 N–H and O–H groups in total. The lowest BCUT2D eigenvalue weighted by molar-refractivity contribution is 0.161. The summed E-state index contributed by atoms with van der Waals surface area (Å²) in [5, 5.41) is 7.31. The number of nitrogens with one attached hydrogen (secondary N) is 2. The summed E-state index contributed by atoms with van der Waals surface area (Å²) in [4.78, 5) is 2.31. The molecule has 4 heteroatoms.